The Morgan fingerprint density at radius 1 is 0.937 bits per heavy atom. The number of carbonyl (C=O) groups is 4. The van der Waals surface area contributed by atoms with Gasteiger partial charge in [-0.2, -0.15) is 18.3 Å². The first-order valence-corrected chi connectivity index (χ1v) is 20.6. The van der Waals surface area contributed by atoms with Crippen molar-refractivity contribution in [2.45, 2.75) is 51.0 Å². The van der Waals surface area contributed by atoms with Crippen LogP contribution >= 0.6 is 0 Å². The molecule has 4 amide bonds. The summed E-state index contributed by atoms with van der Waals surface area (Å²) in [6.07, 6.45) is 1.74. The highest BCUT2D eigenvalue weighted by atomic mass is 19.4. The van der Waals surface area contributed by atoms with Gasteiger partial charge in [-0.1, -0.05) is 18.2 Å². The van der Waals surface area contributed by atoms with Crippen LogP contribution < -0.4 is 26.6 Å². The van der Waals surface area contributed by atoms with E-state index in [0.29, 0.717) is 81.0 Å². The van der Waals surface area contributed by atoms with Crippen molar-refractivity contribution in [1.29, 1.82) is 0 Å². The van der Waals surface area contributed by atoms with E-state index in [0.717, 1.165) is 40.5 Å². The lowest BCUT2D eigenvalue weighted by molar-refractivity contribution is -0.141. The second kappa shape index (κ2) is 19.2. The number of hydrogen-bond donors (Lipinski definition) is 5. The minimum absolute atomic E-state index is 0.118. The number of anilines is 3. The van der Waals surface area contributed by atoms with Gasteiger partial charge in [-0.15, -0.1) is 0 Å². The monoisotopic (exact) mass is 870 g/mol. The van der Waals surface area contributed by atoms with Gasteiger partial charge < -0.3 is 40.1 Å². The van der Waals surface area contributed by atoms with E-state index in [1.54, 1.807) is 48.7 Å². The second-order valence-corrected chi connectivity index (χ2v) is 15.3. The number of pyridine rings is 1. The van der Waals surface area contributed by atoms with E-state index >= 15 is 0 Å². The van der Waals surface area contributed by atoms with Gasteiger partial charge in [0.1, 0.15) is 18.1 Å². The molecule has 20 heteroatoms. The minimum Gasteiger partial charge on any atom is -0.444 e. The van der Waals surface area contributed by atoms with E-state index in [1.165, 1.54) is 17.7 Å². The van der Waals surface area contributed by atoms with Crippen molar-refractivity contribution in [2.24, 2.45) is 5.92 Å². The maximum atomic E-state index is 14.1. The number of rotatable bonds is 20. The molecule has 3 aromatic heterocycles. The smallest absolute Gasteiger partial charge is 0.437 e. The molecule has 330 valence electrons. The third-order valence-electron chi connectivity index (χ3n) is 10.7. The second-order valence-electron chi connectivity index (χ2n) is 15.3. The lowest BCUT2D eigenvalue weighted by atomic mass is 10.0. The highest BCUT2D eigenvalue weighted by Gasteiger charge is 2.40. The van der Waals surface area contributed by atoms with Crippen molar-refractivity contribution in [2.75, 3.05) is 62.0 Å². The van der Waals surface area contributed by atoms with Gasteiger partial charge in [0.15, 0.2) is 11.4 Å². The molecule has 1 saturated heterocycles. The van der Waals surface area contributed by atoms with Crippen molar-refractivity contribution in [1.82, 2.24) is 35.3 Å². The molecule has 2 aliphatic heterocycles. The molecule has 5 heterocycles. The van der Waals surface area contributed by atoms with Crippen molar-refractivity contribution < 1.29 is 46.2 Å². The summed E-state index contributed by atoms with van der Waals surface area (Å²) in [6.45, 7) is 3.94. The first-order valence-electron chi connectivity index (χ1n) is 20.6. The summed E-state index contributed by atoms with van der Waals surface area (Å²) < 4.78 is 60.3. The Morgan fingerprint density at radius 3 is 2.54 bits per heavy atom. The number of fused-ring (bicyclic) bond motifs is 1. The van der Waals surface area contributed by atoms with Crippen LogP contribution in [0.3, 0.4) is 0 Å². The molecular weight excluding hydrogens is 826 g/mol. The highest BCUT2D eigenvalue weighted by molar-refractivity contribution is 6.06. The number of benzene rings is 2. The summed E-state index contributed by atoms with van der Waals surface area (Å²) in [6, 6.07) is 14.9. The average Bonchev–Trinajstić information content (AvgIpc) is 3.61. The van der Waals surface area contributed by atoms with Gasteiger partial charge in [0.25, 0.3) is 11.8 Å². The molecule has 1 saturated carbocycles. The number of halogens is 3. The van der Waals surface area contributed by atoms with Crippen molar-refractivity contribution in [3.05, 3.63) is 101 Å². The van der Waals surface area contributed by atoms with E-state index in [2.05, 4.69) is 41.7 Å². The molecule has 0 radical (unpaired) electrons. The maximum Gasteiger partial charge on any atom is 0.437 e. The number of aromatic nitrogens is 4. The molecule has 17 nitrogen and oxygen atoms in total. The molecule has 5 aromatic rings. The molecule has 8 rings (SSSR count). The Labute approximate surface area is 359 Å². The lowest BCUT2D eigenvalue weighted by Crippen LogP contribution is -2.52. The largest absolute Gasteiger partial charge is 0.444 e. The standard InChI is InChI=1S/C43H45F3N10O7/c44-43(45,46)38-33(51-39(58)34-25-63-41(52-34)28-11-12-49-36(20-28)50-22-26-7-8-26)24-56(54-38)29-4-1-3-27(19-29)21-47-13-15-61-17-18-62-16-14-48-32-6-2-5-30-31(32)23-55(42(30)60)35-9-10-37(57)53-40(35)59/h1-6,11-12,19-20,24-26,35,47-48H,7-10,13-18,21-23H2,(H,49,50)(H,51,58)(H,53,57,59). The van der Waals surface area contributed by atoms with Crippen LogP contribution in [0.15, 0.2) is 77.7 Å². The van der Waals surface area contributed by atoms with Gasteiger partial charge >= 0.3 is 6.18 Å². The Bertz CT molecular complexity index is 2470. The number of piperidine rings is 1. The fraction of sp³-hybridized carbons (Fsp3) is 0.372. The molecule has 2 aromatic carbocycles. The molecule has 0 spiro atoms. The summed E-state index contributed by atoms with van der Waals surface area (Å²) in [5.41, 5.74) is 1.79. The summed E-state index contributed by atoms with van der Waals surface area (Å²) in [4.78, 5) is 60.1. The topological polar surface area (TPSA) is 207 Å². The van der Waals surface area contributed by atoms with Gasteiger partial charge in [0.05, 0.1) is 44.0 Å². The Kier molecular flexibility index (Phi) is 13.1. The molecule has 0 bridgehead atoms. The Hall–Kier alpha value is -6.64. The van der Waals surface area contributed by atoms with Gasteiger partial charge in [0, 0.05) is 67.7 Å². The molecule has 3 aliphatic rings. The van der Waals surface area contributed by atoms with Crippen LogP contribution in [0.1, 0.15) is 63.4 Å². The molecule has 1 atom stereocenters. The van der Waals surface area contributed by atoms with Gasteiger partial charge in [-0.3, -0.25) is 24.5 Å². The molecule has 1 unspecified atom stereocenters. The van der Waals surface area contributed by atoms with E-state index in [4.69, 9.17) is 13.9 Å². The van der Waals surface area contributed by atoms with Crippen LogP contribution in [0.25, 0.3) is 17.1 Å². The average molecular weight is 871 g/mol. The van der Waals surface area contributed by atoms with Crippen molar-refractivity contribution >= 4 is 40.8 Å². The Morgan fingerprint density at radius 2 is 1.75 bits per heavy atom. The summed E-state index contributed by atoms with van der Waals surface area (Å²) >= 11 is 0. The number of oxazole rings is 1. The summed E-state index contributed by atoms with van der Waals surface area (Å²) in [5, 5.41) is 18.2. The normalized spacial score (nSPS) is 16.3. The number of amides is 4. The lowest BCUT2D eigenvalue weighted by Gasteiger charge is -2.29. The third-order valence-corrected chi connectivity index (χ3v) is 10.7. The quantitative estimate of drug-likeness (QED) is 0.0516. The third kappa shape index (κ3) is 10.7. The summed E-state index contributed by atoms with van der Waals surface area (Å²) in [5.74, 6) is -0.543. The number of carbonyl (C=O) groups excluding carboxylic acids is 4. The zero-order valence-corrected chi connectivity index (χ0v) is 34.0. The zero-order chi connectivity index (χ0) is 43.9. The Balaban J connectivity index is 0.751. The van der Waals surface area contributed by atoms with Crippen LogP contribution in [0.2, 0.25) is 0 Å². The van der Waals surface area contributed by atoms with Crippen molar-refractivity contribution in [3.8, 4) is 17.1 Å². The highest BCUT2D eigenvalue weighted by Crippen LogP contribution is 2.35. The number of imide groups is 1. The SMILES string of the molecule is O=C1CCC(N2Cc3c(NCCOCCOCCNCc4cccc(-n5cc(NC(=O)c6coc(-c7ccnc(NCC8CC8)c7)n6)c(C(F)(F)F)n5)c4)cccc3C2=O)C(=O)N1. The molecule has 2 fully saturated rings. The van der Waals surface area contributed by atoms with Gasteiger partial charge in [-0.25, -0.2) is 14.6 Å². The number of alkyl halides is 3. The fourth-order valence-corrected chi connectivity index (χ4v) is 7.25. The number of hydrogen-bond acceptors (Lipinski definition) is 13. The maximum absolute atomic E-state index is 14.1. The van der Waals surface area contributed by atoms with Crippen LogP contribution in [0, 0.1) is 5.92 Å². The van der Waals surface area contributed by atoms with Crippen LogP contribution in [-0.2, 0) is 38.3 Å². The van der Waals surface area contributed by atoms with E-state index in [9.17, 15) is 32.3 Å². The van der Waals surface area contributed by atoms with Crippen LogP contribution in [-0.4, -0.2) is 100 Å². The van der Waals surface area contributed by atoms with E-state index in [1.807, 2.05) is 12.1 Å². The molecule has 1 aliphatic carbocycles. The molecule has 63 heavy (non-hydrogen) atoms. The number of ether oxygens (including phenoxy) is 2. The van der Waals surface area contributed by atoms with Gasteiger partial charge in [-0.05, 0) is 67.1 Å². The number of nitrogens with one attached hydrogen (secondary N) is 5. The predicted octanol–water partition coefficient (Wildman–Crippen LogP) is 5.01. The zero-order valence-electron chi connectivity index (χ0n) is 34.0. The predicted molar refractivity (Wildman–Crippen MR) is 222 cm³/mol. The molecular formula is C43H45F3N10O7. The minimum atomic E-state index is -4.86. The van der Waals surface area contributed by atoms with E-state index < -0.39 is 35.4 Å². The fourth-order valence-electron chi connectivity index (χ4n) is 7.25. The van der Waals surface area contributed by atoms with Gasteiger partial charge in [0.2, 0.25) is 17.7 Å². The first-order chi connectivity index (χ1) is 30.5. The van der Waals surface area contributed by atoms with Crippen LogP contribution in [0.5, 0.6) is 0 Å². The van der Waals surface area contributed by atoms with Crippen LogP contribution in [0.4, 0.5) is 30.4 Å². The van der Waals surface area contributed by atoms with E-state index in [-0.39, 0.29) is 36.4 Å². The van der Waals surface area contributed by atoms with Crippen molar-refractivity contribution in [3.63, 3.8) is 0 Å². The summed E-state index contributed by atoms with van der Waals surface area (Å²) in [7, 11) is 0. The first kappa shape index (κ1) is 43.0. The number of nitrogens with zero attached hydrogens (tertiary/aromatic N) is 5. The molecule has 5 N–H and O–H groups in total.